The number of fused-ring (bicyclic) bond motifs is 1. The van der Waals surface area contributed by atoms with E-state index in [1.807, 2.05) is 6.20 Å². The molecule has 2 aromatic rings. The molecule has 0 saturated heterocycles. The normalized spacial score (nSPS) is 11.0. The van der Waals surface area contributed by atoms with Gasteiger partial charge in [-0.15, -0.1) is 0 Å². The first-order valence-electron chi connectivity index (χ1n) is 5.08. The van der Waals surface area contributed by atoms with Crippen LogP contribution in [0.4, 0.5) is 0 Å². The van der Waals surface area contributed by atoms with Gasteiger partial charge in [0.25, 0.3) is 0 Å². The van der Waals surface area contributed by atoms with E-state index < -0.39 is 0 Å². The number of rotatable bonds is 3. The molecule has 3 N–H and O–H groups in total. The first kappa shape index (κ1) is 9.28. The van der Waals surface area contributed by atoms with E-state index in [9.17, 15) is 0 Å². The third kappa shape index (κ3) is 1.66. The molecular weight excluding hydrogens is 172 g/mol. The summed E-state index contributed by atoms with van der Waals surface area (Å²) in [5, 5.41) is 1.30. The SMILES string of the molecule is Cc1cc(CCCN)cc2cc[nH]c12. The lowest BCUT2D eigenvalue weighted by Crippen LogP contribution is -2.00. The largest absolute Gasteiger partial charge is 0.361 e. The Balaban J connectivity index is 2.38. The zero-order valence-corrected chi connectivity index (χ0v) is 8.51. The van der Waals surface area contributed by atoms with E-state index in [0.29, 0.717) is 0 Å². The minimum atomic E-state index is 0.768. The van der Waals surface area contributed by atoms with Gasteiger partial charge in [-0.3, -0.25) is 0 Å². The van der Waals surface area contributed by atoms with Crippen molar-refractivity contribution in [3.05, 3.63) is 35.5 Å². The summed E-state index contributed by atoms with van der Waals surface area (Å²) < 4.78 is 0. The number of aromatic nitrogens is 1. The molecular formula is C12H16N2. The first-order valence-corrected chi connectivity index (χ1v) is 5.08. The highest BCUT2D eigenvalue weighted by Crippen LogP contribution is 2.19. The van der Waals surface area contributed by atoms with Crippen LogP contribution in [0.25, 0.3) is 10.9 Å². The van der Waals surface area contributed by atoms with Crippen LogP contribution in [0.5, 0.6) is 0 Å². The number of benzene rings is 1. The maximum absolute atomic E-state index is 5.50. The van der Waals surface area contributed by atoms with Crippen molar-refractivity contribution < 1.29 is 0 Å². The Morgan fingerprint density at radius 2 is 2.21 bits per heavy atom. The molecule has 0 unspecified atom stereocenters. The van der Waals surface area contributed by atoms with Gasteiger partial charge in [0.15, 0.2) is 0 Å². The number of hydrogen-bond acceptors (Lipinski definition) is 1. The molecule has 0 radical (unpaired) electrons. The van der Waals surface area contributed by atoms with Gasteiger partial charge < -0.3 is 10.7 Å². The minimum absolute atomic E-state index is 0.768. The van der Waals surface area contributed by atoms with E-state index in [1.165, 1.54) is 22.0 Å². The molecule has 2 heteroatoms. The molecule has 0 aliphatic rings. The van der Waals surface area contributed by atoms with Gasteiger partial charge in [-0.2, -0.15) is 0 Å². The fourth-order valence-corrected chi connectivity index (χ4v) is 1.89. The van der Waals surface area contributed by atoms with Gasteiger partial charge in [-0.25, -0.2) is 0 Å². The van der Waals surface area contributed by atoms with Crippen LogP contribution in [-0.2, 0) is 6.42 Å². The van der Waals surface area contributed by atoms with Gasteiger partial charge in [0, 0.05) is 11.7 Å². The second-order valence-corrected chi connectivity index (χ2v) is 3.75. The highest BCUT2D eigenvalue weighted by molar-refractivity contribution is 5.83. The van der Waals surface area contributed by atoms with Gasteiger partial charge in [0.05, 0.1) is 0 Å². The summed E-state index contributed by atoms with van der Waals surface area (Å²) >= 11 is 0. The van der Waals surface area contributed by atoms with Crippen LogP contribution in [0, 0.1) is 6.92 Å². The average Bonchev–Trinajstić information content (AvgIpc) is 2.63. The lowest BCUT2D eigenvalue weighted by Gasteiger charge is -2.03. The highest BCUT2D eigenvalue weighted by atomic mass is 14.7. The second kappa shape index (κ2) is 3.84. The Labute approximate surface area is 84.1 Å². The van der Waals surface area contributed by atoms with Crippen LogP contribution in [0.3, 0.4) is 0 Å². The van der Waals surface area contributed by atoms with Crippen molar-refractivity contribution in [3.63, 3.8) is 0 Å². The van der Waals surface area contributed by atoms with Crippen molar-refractivity contribution in [1.29, 1.82) is 0 Å². The highest BCUT2D eigenvalue weighted by Gasteiger charge is 2.01. The zero-order valence-electron chi connectivity index (χ0n) is 8.51. The van der Waals surface area contributed by atoms with Crippen LogP contribution in [-0.4, -0.2) is 11.5 Å². The maximum Gasteiger partial charge on any atom is 0.0483 e. The van der Waals surface area contributed by atoms with E-state index in [-0.39, 0.29) is 0 Å². The van der Waals surface area contributed by atoms with E-state index >= 15 is 0 Å². The van der Waals surface area contributed by atoms with Gasteiger partial charge in [-0.1, -0.05) is 6.07 Å². The van der Waals surface area contributed by atoms with E-state index in [4.69, 9.17) is 5.73 Å². The Morgan fingerprint density at radius 3 is 3.00 bits per heavy atom. The first-order chi connectivity index (χ1) is 6.81. The summed E-state index contributed by atoms with van der Waals surface area (Å²) in [4.78, 5) is 3.25. The number of aryl methyl sites for hydroxylation is 2. The smallest absolute Gasteiger partial charge is 0.0483 e. The van der Waals surface area contributed by atoms with Crippen molar-refractivity contribution >= 4 is 10.9 Å². The number of aromatic amines is 1. The molecule has 1 heterocycles. The minimum Gasteiger partial charge on any atom is -0.361 e. The lowest BCUT2D eigenvalue weighted by molar-refractivity contribution is 0.833. The van der Waals surface area contributed by atoms with Gasteiger partial charge >= 0.3 is 0 Å². The molecule has 0 bridgehead atoms. The van der Waals surface area contributed by atoms with Crippen molar-refractivity contribution in [2.45, 2.75) is 19.8 Å². The molecule has 0 atom stereocenters. The van der Waals surface area contributed by atoms with Crippen LogP contribution in [0.2, 0.25) is 0 Å². The Kier molecular flexibility index (Phi) is 2.55. The van der Waals surface area contributed by atoms with Gasteiger partial charge in [0.2, 0.25) is 0 Å². The number of H-pyrrole nitrogens is 1. The van der Waals surface area contributed by atoms with Crippen molar-refractivity contribution in [3.8, 4) is 0 Å². The lowest BCUT2D eigenvalue weighted by atomic mass is 10.0. The number of nitrogens with two attached hydrogens (primary N) is 1. The van der Waals surface area contributed by atoms with E-state index in [0.717, 1.165) is 19.4 Å². The van der Waals surface area contributed by atoms with Crippen LogP contribution in [0.15, 0.2) is 24.4 Å². The summed E-state index contributed by atoms with van der Waals surface area (Å²) in [5.74, 6) is 0. The molecule has 2 rings (SSSR count). The second-order valence-electron chi connectivity index (χ2n) is 3.75. The van der Waals surface area contributed by atoms with Crippen molar-refractivity contribution in [2.24, 2.45) is 5.73 Å². The molecule has 14 heavy (non-hydrogen) atoms. The molecule has 0 spiro atoms. The molecule has 0 aliphatic heterocycles. The molecule has 0 aliphatic carbocycles. The predicted octanol–water partition coefficient (Wildman–Crippen LogP) is 2.37. The summed E-state index contributed by atoms with van der Waals surface area (Å²) in [5.41, 5.74) is 9.46. The number of nitrogens with one attached hydrogen (secondary N) is 1. The summed E-state index contributed by atoms with van der Waals surface area (Å²) in [6.45, 7) is 2.91. The monoisotopic (exact) mass is 188 g/mol. The summed E-state index contributed by atoms with van der Waals surface area (Å²) in [6, 6.07) is 6.61. The molecule has 74 valence electrons. The zero-order chi connectivity index (χ0) is 9.97. The third-order valence-electron chi connectivity index (χ3n) is 2.59. The quantitative estimate of drug-likeness (QED) is 0.763. The Morgan fingerprint density at radius 1 is 1.36 bits per heavy atom. The van der Waals surface area contributed by atoms with Crippen molar-refractivity contribution in [1.82, 2.24) is 4.98 Å². The molecule has 1 aromatic carbocycles. The predicted molar refractivity (Wildman–Crippen MR) is 60.4 cm³/mol. The molecule has 0 fully saturated rings. The summed E-state index contributed by atoms with van der Waals surface area (Å²) in [7, 11) is 0. The third-order valence-corrected chi connectivity index (χ3v) is 2.59. The molecule has 0 amide bonds. The summed E-state index contributed by atoms with van der Waals surface area (Å²) in [6.07, 6.45) is 4.14. The van der Waals surface area contributed by atoms with E-state index in [2.05, 4.69) is 30.1 Å². The van der Waals surface area contributed by atoms with Crippen LogP contribution < -0.4 is 5.73 Å². The van der Waals surface area contributed by atoms with Gasteiger partial charge in [-0.05, 0) is 55.0 Å². The van der Waals surface area contributed by atoms with Crippen LogP contribution in [0.1, 0.15) is 17.5 Å². The Bertz CT molecular complexity index is 429. The molecule has 2 nitrogen and oxygen atoms in total. The number of hydrogen-bond donors (Lipinski definition) is 2. The molecule has 1 aromatic heterocycles. The Hall–Kier alpha value is -1.28. The van der Waals surface area contributed by atoms with E-state index in [1.54, 1.807) is 0 Å². The average molecular weight is 188 g/mol. The standard InChI is InChI=1S/C12H16N2/c1-9-7-10(3-2-5-13)8-11-4-6-14-12(9)11/h4,6-8,14H,2-3,5,13H2,1H3. The molecule has 0 saturated carbocycles. The van der Waals surface area contributed by atoms with Gasteiger partial charge in [0.1, 0.15) is 0 Å². The fraction of sp³-hybridized carbons (Fsp3) is 0.333. The van der Waals surface area contributed by atoms with Crippen molar-refractivity contribution in [2.75, 3.05) is 6.54 Å². The maximum atomic E-state index is 5.50. The van der Waals surface area contributed by atoms with Crippen LogP contribution >= 0.6 is 0 Å². The topological polar surface area (TPSA) is 41.8 Å². The fourth-order valence-electron chi connectivity index (χ4n) is 1.89.